The molecule has 0 aromatic heterocycles. The van der Waals surface area contributed by atoms with Crippen molar-refractivity contribution in [1.29, 1.82) is 0 Å². The standard InChI is InChI=1S/C15H22FNO2/c16-13-3-5-14(6-4-13)19-15-7-10-17(11-8-15)9-1-2-12-18/h3-6,15,18H,1-2,7-12H2. The topological polar surface area (TPSA) is 32.7 Å². The van der Waals surface area contributed by atoms with E-state index in [0.29, 0.717) is 0 Å². The number of unbranched alkanes of at least 4 members (excludes halogenated alkanes) is 1. The fourth-order valence-corrected chi connectivity index (χ4v) is 2.40. The third kappa shape index (κ3) is 4.80. The monoisotopic (exact) mass is 267 g/mol. The van der Waals surface area contributed by atoms with Crippen LogP contribution in [0.3, 0.4) is 0 Å². The summed E-state index contributed by atoms with van der Waals surface area (Å²) in [7, 11) is 0. The van der Waals surface area contributed by atoms with E-state index in [1.807, 2.05) is 0 Å². The first-order valence-electron chi connectivity index (χ1n) is 7.03. The molecule has 4 heteroatoms. The molecule has 1 saturated heterocycles. The molecule has 1 fully saturated rings. The van der Waals surface area contributed by atoms with Crippen LogP contribution in [0, 0.1) is 5.82 Å². The van der Waals surface area contributed by atoms with E-state index >= 15 is 0 Å². The van der Waals surface area contributed by atoms with Gasteiger partial charge in [0.25, 0.3) is 0 Å². The molecule has 0 amide bonds. The molecule has 106 valence electrons. The Morgan fingerprint density at radius 1 is 1.16 bits per heavy atom. The van der Waals surface area contributed by atoms with Crippen LogP contribution in [-0.2, 0) is 0 Å². The molecule has 19 heavy (non-hydrogen) atoms. The van der Waals surface area contributed by atoms with Crippen molar-refractivity contribution in [2.24, 2.45) is 0 Å². The van der Waals surface area contributed by atoms with Crippen LogP contribution in [0.1, 0.15) is 25.7 Å². The Labute approximate surface area is 114 Å². The van der Waals surface area contributed by atoms with Gasteiger partial charge in [0.05, 0.1) is 0 Å². The second-order valence-corrected chi connectivity index (χ2v) is 5.04. The van der Waals surface area contributed by atoms with E-state index in [-0.39, 0.29) is 18.5 Å². The van der Waals surface area contributed by atoms with Gasteiger partial charge in [-0.05, 0) is 56.5 Å². The minimum atomic E-state index is -0.231. The number of hydrogen-bond acceptors (Lipinski definition) is 3. The molecule has 0 unspecified atom stereocenters. The van der Waals surface area contributed by atoms with Crippen molar-refractivity contribution >= 4 is 0 Å². The van der Waals surface area contributed by atoms with Crippen LogP contribution in [0.25, 0.3) is 0 Å². The number of ether oxygens (including phenoxy) is 1. The molecule has 2 rings (SSSR count). The minimum absolute atomic E-state index is 0.231. The number of rotatable bonds is 6. The SMILES string of the molecule is OCCCCN1CCC(Oc2ccc(F)cc2)CC1. The zero-order chi connectivity index (χ0) is 13.5. The van der Waals surface area contributed by atoms with E-state index in [1.54, 1.807) is 12.1 Å². The molecule has 1 aromatic rings. The summed E-state index contributed by atoms with van der Waals surface area (Å²) in [6, 6.07) is 6.23. The van der Waals surface area contributed by atoms with Gasteiger partial charge in [-0.3, -0.25) is 0 Å². The van der Waals surface area contributed by atoms with Crippen LogP contribution >= 0.6 is 0 Å². The van der Waals surface area contributed by atoms with E-state index in [0.717, 1.165) is 51.1 Å². The van der Waals surface area contributed by atoms with Gasteiger partial charge in [-0.15, -0.1) is 0 Å². The molecule has 0 saturated carbocycles. The number of hydrogen-bond donors (Lipinski definition) is 1. The number of aliphatic hydroxyl groups is 1. The number of nitrogens with zero attached hydrogens (tertiary/aromatic N) is 1. The summed E-state index contributed by atoms with van der Waals surface area (Å²) in [5.74, 6) is 0.520. The lowest BCUT2D eigenvalue weighted by Crippen LogP contribution is -2.38. The zero-order valence-corrected chi connectivity index (χ0v) is 11.2. The van der Waals surface area contributed by atoms with Crippen molar-refractivity contribution in [2.75, 3.05) is 26.2 Å². The second-order valence-electron chi connectivity index (χ2n) is 5.04. The number of likely N-dealkylation sites (tertiary alicyclic amines) is 1. The molecule has 1 N–H and O–H groups in total. The summed E-state index contributed by atoms with van der Waals surface area (Å²) in [5, 5.41) is 8.76. The third-order valence-electron chi connectivity index (χ3n) is 3.53. The molecule has 1 heterocycles. The van der Waals surface area contributed by atoms with Gasteiger partial charge < -0.3 is 14.7 Å². The lowest BCUT2D eigenvalue weighted by Gasteiger charge is -2.32. The van der Waals surface area contributed by atoms with Crippen LogP contribution in [-0.4, -0.2) is 42.4 Å². The Morgan fingerprint density at radius 3 is 2.47 bits per heavy atom. The summed E-state index contributed by atoms with van der Waals surface area (Å²) in [6.45, 7) is 3.42. The van der Waals surface area contributed by atoms with Crippen molar-refractivity contribution in [3.63, 3.8) is 0 Å². The molecule has 3 nitrogen and oxygen atoms in total. The smallest absolute Gasteiger partial charge is 0.123 e. The summed E-state index contributed by atoms with van der Waals surface area (Å²) in [5.41, 5.74) is 0. The first-order valence-corrected chi connectivity index (χ1v) is 7.03. The molecule has 0 radical (unpaired) electrons. The van der Waals surface area contributed by atoms with Crippen LogP contribution < -0.4 is 4.74 Å². The highest BCUT2D eigenvalue weighted by Gasteiger charge is 2.19. The van der Waals surface area contributed by atoms with Crippen molar-refractivity contribution in [1.82, 2.24) is 4.90 Å². The van der Waals surface area contributed by atoms with Crippen LogP contribution in [0.5, 0.6) is 5.75 Å². The van der Waals surface area contributed by atoms with Gasteiger partial charge in [-0.25, -0.2) is 4.39 Å². The molecular formula is C15H22FNO2. The average Bonchev–Trinajstić information content (AvgIpc) is 2.44. The average molecular weight is 267 g/mol. The number of benzene rings is 1. The first kappa shape index (κ1) is 14.3. The highest BCUT2D eigenvalue weighted by atomic mass is 19.1. The molecular weight excluding hydrogens is 245 g/mol. The Morgan fingerprint density at radius 2 is 1.84 bits per heavy atom. The van der Waals surface area contributed by atoms with Gasteiger partial charge in [-0.1, -0.05) is 0 Å². The molecule has 1 aliphatic rings. The van der Waals surface area contributed by atoms with Crippen LogP contribution in [0.2, 0.25) is 0 Å². The predicted octanol–water partition coefficient (Wildman–Crippen LogP) is 2.44. The fraction of sp³-hybridized carbons (Fsp3) is 0.600. The summed E-state index contributed by atoms with van der Waals surface area (Å²) >= 11 is 0. The Bertz CT molecular complexity index is 361. The number of halogens is 1. The third-order valence-corrected chi connectivity index (χ3v) is 3.53. The molecule has 1 aromatic carbocycles. The van der Waals surface area contributed by atoms with Gasteiger partial charge in [0, 0.05) is 19.7 Å². The Hall–Kier alpha value is -1.13. The van der Waals surface area contributed by atoms with Crippen molar-refractivity contribution in [3.8, 4) is 5.75 Å². The normalized spacial score (nSPS) is 17.6. The zero-order valence-electron chi connectivity index (χ0n) is 11.2. The molecule has 0 spiro atoms. The highest BCUT2D eigenvalue weighted by molar-refractivity contribution is 5.22. The summed E-state index contributed by atoms with van der Waals surface area (Å²) in [6.07, 6.45) is 4.19. The molecule has 0 aliphatic carbocycles. The molecule has 1 aliphatic heterocycles. The lowest BCUT2D eigenvalue weighted by molar-refractivity contribution is 0.0985. The van der Waals surface area contributed by atoms with Gasteiger partial charge in [0.15, 0.2) is 0 Å². The maximum Gasteiger partial charge on any atom is 0.123 e. The fourth-order valence-electron chi connectivity index (χ4n) is 2.40. The van der Waals surface area contributed by atoms with Gasteiger partial charge in [-0.2, -0.15) is 0 Å². The second kappa shape index (κ2) is 7.46. The maximum absolute atomic E-state index is 12.8. The van der Waals surface area contributed by atoms with E-state index in [1.165, 1.54) is 12.1 Å². The minimum Gasteiger partial charge on any atom is -0.490 e. The van der Waals surface area contributed by atoms with E-state index < -0.39 is 0 Å². The summed E-state index contributed by atoms with van der Waals surface area (Å²) in [4.78, 5) is 2.42. The number of piperidine rings is 1. The number of aliphatic hydroxyl groups excluding tert-OH is 1. The first-order chi connectivity index (χ1) is 9.28. The lowest BCUT2D eigenvalue weighted by atomic mass is 10.1. The Kier molecular flexibility index (Phi) is 5.61. The van der Waals surface area contributed by atoms with Crippen molar-refractivity contribution in [3.05, 3.63) is 30.1 Å². The van der Waals surface area contributed by atoms with E-state index in [9.17, 15) is 4.39 Å². The van der Waals surface area contributed by atoms with Crippen molar-refractivity contribution in [2.45, 2.75) is 31.8 Å². The maximum atomic E-state index is 12.8. The van der Waals surface area contributed by atoms with Gasteiger partial charge in [0.2, 0.25) is 0 Å². The van der Waals surface area contributed by atoms with Gasteiger partial charge in [0.1, 0.15) is 17.7 Å². The van der Waals surface area contributed by atoms with Crippen LogP contribution in [0.4, 0.5) is 4.39 Å². The predicted molar refractivity (Wildman–Crippen MR) is 72.8 cm³/mol. The van der Waals surface area contributed by atoms with E-state index in [2.05, 4.69) is 4.90 Å². The largest absolute Gasteiger partial charge is 0.490 e. The highest BCUT2D eigenvalue weighted by Crippen LogP contribution is 2.19. The molecule has 0 atom stereocenters. The van der Waals surface area contributed by atoms with E-state index in [4.69, 9.17) is 9.84 Å². The quantitative estimate of drug-likeness (QED) is 0.804. The molecule has 0 bridgehead atoms. The summed E-state index contributed by atoms with van der Waals surface area (Å²) < 4.78 is 18.6. The van der Waals surface area contributed by atoms with Crippen LogP contribution in [0.15, 0.2) is 24.3 Å². The van der Waals surface area contributed by atoms with Crippen molar-refractivity contribution < 1.29 is 14.2 Å². The Balaban J connectivity index is 1.69. The van der Waals surface area contributed by atoms with Gasteiger partial charge >= 0.3 is 0 Å².